The molecule has 2 aromatic heterocycles. The molecule has 0 unspecified atom stereocenters. The zero-order valence-corrected chi connectivity index (χ0v) is 10.0. The van der Waals surface area contributed by atoms with Gasteiger partial charge in [0, 0.05) is 7.05 Å². The van der Waals surface area contributed by atoms with Crippen molar-refractivity contribution in [3.8, 4) is 10.7 Å². The third kappa shape index (κ3) is 1.63. The summed E-state index contributed by atoms with van der Waals surface area (Å²) in [6.45, 7) is 0. The fourth-order valence-corrected chi connectivity index (χ4v) is 2.69. The maximum absolute atomic E-state index is 5.96. The Kier molecular flexibility index (Phi) is 2.70. The second-order valence-electron chi connectivity index (χ2n) is 2.57. The number of hydrogen-bond acceptors (Lipinski definition) is 3. The molecule has 3 nitrogen and oxygen atoms in total. The lowest BCUT2D eigenvalue weighted by atomic mass is 10.4. The highest BCUT2D eigenvalue weighted by Gasteiger charge is 2.17. The fraction of sp³-hybridized carbons (Fsp3) is 0.143. The quantitative estimate of drug-likeness (QED) is 0.792. The Hall–Kier alpha value is -0.290. The van der Waals surface area contributed by atoms with Crippen molar-refractivity contribution in [1.82, 2.24) is 14.8 Å². The van der Waals surface area contributed by atoms with Crippen LogP contribution in [0.2, 0.25) is 14.4 Å². The van der Waals surface area contributed by atoms with Gasteiger partial charge in [0.2, 0.25) is 0 Å². The first-order valence-corrected chi connectivity index (χ1v) is 5.54. The van der Waals surface area contributed by atoms with Gasteiger partial charge in [0.25, 0.3) is 0 Å². The molecule has 14 heavy (non-hydrogen) atoms. The van der Waals surface area contributed by atoms with Gasteiger partial charge in [-0.2, -0.15) is 5.10 Å². The van der Waals surface area contributed by atoms with Gasteiger partial charge in [-0.1, -0.05) is 34.8 Å². The molecule has 74 valence electrons. The van der Waals surface area contributed by atoms with E-state index in [0.717, 1.165) is 0 Å². The summed E-state index contributed by atoms with van der Waals surface area (Å²) in [4.78, 5) is 4.76. The minimum atomic E-state index is 0.362. The highest BCUT2D eigenvalue weighted by atomic mass is 35.5. The van der Waals surface area contributed by atoms with Crippen LogP contribution in [0.15, 0.2) is 6.33 Å². The van der Waals surface area contributed by atoms with Crippen LogP contribution in [0, 0.1) is 0 Å². The molecule has 0 aliphatic heterocycles. The molecule has 0 aromatic carbocycles. The van der Waals surface area contributed by atoms with Crippen LogP contribution in [0.3, 0.4) is 0 Å². The number of aromatic nitrogens is 3. The summed E-state index contributed by atoms with van der Waals surface area (Å²) in [6.07, 6.45) is 1.59. The summed E-state index contributed by atoms with van der Waals surface area (Å²) < 4.78 is 2.05. The molecule has 2 aromatic rings. The van der Waals surface area contributed by atoms with Crippen molar-refractivity contribution in [3.63, 3.8) is 0 Å². The molecule has 7 heteroatoms. The minimum absolute atomic E-state index is 0.362. The second kappa shape index (κ2) is 3.70. The van der Waals surface area contributed by atoms with Gasteiger partial charge in [-0.25, -0.2) is 4.98 Å². The standard InChI is InChI=1S/C7H4Cl3N3S/c1-13-2-11-7(12-13)5-3(8)4(9)6(10)14-5/h2H,1H3. The van der Waals surface area contributed by atoms with E-state index in [-0.39, 0.29) is 0 Å². The first-order valence-electron chi connectivity index (χ1n) is 3.59. The average molecular weight is 269 g/mol. The molecule has 0 atom stereocenters. The number of hydrogen-bond donors (Lipinski definition) is 0. The largest absolute Gasteiger partial charge is 0.255 e. The summed E-state index contributed by atoms with van der Waals surface area (Å²) in [5.74, 6) is 0.538. The third-order valence-electron chi connectivity index (χ3n) is 1.56. The Balaban J connectivity index is 2.57. The van der Waals surface area contributed by atoms with E-state index >= 15 is 0 Å². The highest BCUT2D eigenvalue weighted by Crippen LogP contribution is 2.44. The lowest BCUT2D eigenvalue weighted by Gasteiger charge is -1.89. The number of aryl methyl sites for hydroxylation is 1. The van der Waals surface area contributed by atoms with Gasteiger partial charge in [-0.15, -0.1) is 11.3 Å². The first-order chi connectivity index (χ1) is 6.59. The van der Waals surface area contributed by atoms with Crippen LogP contribution in [0.4, 0.5) is 0 Å². The molecular weight excluding hydrogens is 265 g/mol. The predicted octanol–water partition coefficient (Wildman–Crippen LogP) is 3.50. The summed E-state index contributed by atoms with van der Waals surface area (Å²) in [5, 5.41) is 4.88. The minimum Gasteiger partial charge on any atom is -0.255 e. The monoisotopic (exact) mass is 267 g/mol. The zero-order chi connectivity index (χ0) is 10.3. The molecule has 0 aliphatic carbocycles. The number of nitrogens with zero attached hydrogens (tertiary/aromatic N) is 3. The molecule has 0 saturated carbocycles. The normalized spacial score (nSPS) is 10.9. The van der Waals surface area contributed by atoms with E-state index in [4.69, 9.17) is 34.8 Å². The predicted molar refractivity (Wildman–Crippen MR) is 59.3 cm³/mol. The number of halogens is 3. The molecule has 0 fully saturated rings. The Morgan fingerprint density at radius 1 is 1.29 bits per heavy atom. The fourth-order valence-electron chi connectivity index (χ4n) is 0.952. The van der Waals surface area contributed by atoms with Crippen LogP contribution in [-0.4, -0.2) is 14.8 Å². The Morgan fingerprint density at radius 3 is 2.43 bits per heavy atom. The van der Waals surface area contributed by atoms with Gasteiger partial charge in [0.15, 0.2) is 5.82 Å². The summed E-state index contributed by atoms with van der Waals surface area (Å²) in [5.41, 5.74) is 0. The van der Waals surface area contributed by atoms with Crippen LogP contribution in [0.25, 0.3) is 10.7 Å². The summed E-state index contributed by atoms with van der Waals surface area (Å²) >= 11 is 18.9. The van der Waals surface area contributed by atoms with Crippen molar-refractivity contribution in [1.29, 1.82) is 0 Å². The van der Waals surface area contributed by atoms with E-state index < -0.39 is 0 Å². The Labute approximate surface area is 99.2 Å². The van der Waals surface area contributed by atoms with E-state index in [2.05, 4.69) is 10.1 Å². The highest BCUT2D eigenvalue weighted by molar-refractivity contribution is 7.20. The molecule has 0 N–H and O–H groups in total. The Morgan fingerprint density at radius 2 is 2.00 bits per heavy atom. The van der Waals surface area contributed by atoms with Crippen LogP contribution in [0.5, 0.6) is 0 Å². The second-order valence-corrected chi connectivity index (χ2v) is 4.95. The number of thiophene rings is 1. The average Bonchev–Trinajstić information content (AvgIpc) is 2.66. The molecule has 2 rings (SSSR count). The molecule has 0 aliphatic rings. The lowest BCUT2D eigenvalue weighted by molar-refractivity contribution is 0.768. The van der Waals surface area contributed by atoms with Gasteiger partial charge in [0.05, 0.1) is 14.9 Å². The van der Waals surface area contributed by atoms with Crippen molar-refractivity contribution < 1.29 is 0 Å². The van der Waals surface area contributed by atoms with Crippen LogP contribution < -0.4 is 0 Å². The van der Waals surface area contributed by atoms with Crippen molar-refractivity contribution >= 4 is 46.1 Å². The third-order valence-corrected chi connectivity index (χ3v) is 4.13. The molecule has 0 spiro atoms. The van der Waals surface area contributed by atoms with Crippen molar-refractivity contribution in [2.75, 3.05) is 0 Å². The number of rotatable bonds is 1. The van der Waals surface area contributed by atoms with Gasteiger partial charge in [-0.05, 0) is 0 Å². The molecule has 0 bridgehead atoms. The smallest absolute Gasteiger partial charge is 0.192 e. The van der Waals surface area contributed by atoms with Crippen molar-refractivity contribution in [2.24, 2.45) is 7.05 Å². The lowest BCUT2D eigenvalue weighted by Crippen LogP contribution is -1.86. The summed E-state index contributed by atoms with van der Waals surface area (Å²) in [6, 6.07) is 0. The van der Waals surface area contributed by atoms with Gasteiger partial charge >= 0.3 is 0 Å². The van der Waals surface area contributed by atoms with E-state index in [9.17, 15) is 0 Å². The van der Waals surface area contributed by atoms with Gasteiger partial charge in [-0.3, -0.25) is 4.68 Å². The molecule has 2 heterocycles. The summed E-state index contributed by atoms with van der Waals surface area (Å²) in [7, 11) is 1.78. The van der Waals surface area contributed by atoms with Crippen molar-refractivity contribution in [2.45, 2.75) is 0 Å². The van der Waals surface area contributed by atoms with E-state index in [1.807, 2.05) is 0 Å². The van der Waals surface area contributed by atoms with Crippen LogP contribution in [-0.2, 0) is 7.05 Å². The molecule has 0 amide bonds. The van der Waals surface area contributed by atoms with Crippen LogP contribution >= 0.6 is 46.1 Å². The SMILES string of the molecule is Cn1cnc(-c2sc(Cl)c(Cl)c2Cl)n1. The molecule has 0 radical (unpaired) electrons. The van der Waals surface area contributed by atoms with Gasteiger partial charge < -0.3 is 0 Å². The molecular formula is C7H4Cl3N3S. The van der Waals surface area contributed by atoms with E-state index in [1.54, 1.807) is 18.1 Å². The first kappa shape index (κ1) is 10.2. The topological polar surface area (TPSA) is 30.7 Å². The zero-order valence-electron chi connectivity index (χ0n) is 6.96. The van der Waals surface area contributed by atoms with Crippen LogP contribution in [0.1, 0.15) is 0 Å². The van der Waals surface area contributed by atoms with E-state index in [0.29, 0.717) is 25.1 Å². The van der Waals surface area contributed by atoms with E-state index in [1.165, 1.54) is 11.3 Å². The Bertz CT molecular complexity index is 476. The maximum atomic E-state index is 5.96. The van der Waals surface area contributed by atoms with Crippen molar-refractivity contribution in [3.05, 3.63) is 20.7 Å². The van der Waals surface area contributed by atoms with Gasteiger partial charge in [0.1, 0.15) is 10.7 Å². The maximum Gasteiger partial charge on any atom is 0.192 e. The molecule has 0 saturated heterocycles.